The molecule has 2 N–H and O–H groups in total. The molecule has 0 saturated carbocycles. The van der Waals surface area contributed by atoms with E-state index in [1.807, 2.05) is 0 Å². The fourth-order valence-electron chi connectivity index (χ4n) is 2.44. The first-order valence-electron chi connectivity index (χ1n) is 7.94. The van der Waals surface area contributed by atoms with Gasteiger partial charge >= 0.3 is 0 Å². The van der Waals surface area contributed by atoms with E-state index in [2.05, 4.69) is 29.5 Å². The van der Waals surface area contributed by atoms with E-state index in [0.29, 0.717) is 25.7 Å². The van der Waals surface area contributed by atoms with Gasteiger partial charge < -0.3 is 10.6 Å². The van der Waals surface area contributed by atoms with Crippen LogP contribution in [0.1, 0.15) is 46.0 Å². The molecule has 132 valence electrons. The van der Waals surface area contributed by atoms with Gasteiger partial charge in [0.15, 0.2) is 5.96 Å². The zero-order valence-corrected chi connectivity index (χ0v) is 17.1. The van der Waals surface area contributed by atoms with Crippen LogP contribution >= 0.6 is 24.0 Å². The van der Waals surface area contributed by atoms with Crippen molar-refractivity contribution in [2.24, 2.45) is 4.99 Å². The third-order valence-corrected chi connectivity index (χ3v) is 5.66. The molecule has 0 spiro atoms. The second-order valence-corrected chi connectivity index (χ2v) is 7.70. The Labute approximate surface area is 152 Å². The van der Waals surface area contributed by atoms with Gasteiger partial charge in [0.05, 0.1) is 5.75 Å². The number of guanidine groups is 1. The summed E-state index contributed by atoms with van der Waals surface area (Å²) in [7, 11) is -1.26. The Morgan fingerprint density at radius 1 is 1.36 bits per heavy atom. The van der Waals surface area contributed by atoms with E-state index in [0.717, 1.165) is 18.8 Å². The number of sulfonamides is 1. The van der Waals surface area contributed by atoms with Gasteiger partial charge in [0, 0.05) is 32.7 Å². The van der Waals surface area contributed by atoms with Gasteiger partial charge in [0.1, 0.15) is 0 Å². The van der Waals surface area contributed by atoms with E-state index >= 15 is 0 Å². The number of unbranched alkanes of at least 4 members (excludes halogenated alkanes) is 2. The van der Waals surface area contributed by atoms with Crippen molar-refractivity contribution in [3.63, 3.8) is 0 Å². The van der Waals surface area contributed by atoms with Crippen molar-refractivity contribution >= 4 is 40.0 Å². The van der Waals surface area contributed by atoms with Crippen molar-refractivity contribution in [2.45, 2.75) is 52.0 Å². The van der Waals surface area contributed by atoms with Crippen molar-refractivity contribution in [3.8, 4) is 0 Å². The topological polar surface area (TPSA) is 73.8 Å². The molecule has 0 aliphatic carbocycles. The van der Waals surface area contributed by atoms with Crippen molar-refractivity contribution in [1.29, 1.82) is 0 Å². The van der Waals surface area contributed by atoms with Crippen LogP contribution in [0.4, 0.5) is 0 Å². The highest BCUT2D eigenvalue weighted by Crippen LogP contribution is 2.11. The molecule has 6 nitrogen and oxygen atoms in total. The molecule has 1 aliphatic rings. The first-order chi connectivity index (χ1) is 9.99. The molecule has 1 fully saturated rings. The zero-order chi connectivity index (χ0) is 15.7. The van der Waals surface area contributed by atoms with Crippen LogP contribution in [0.2, 0.25) is 0 Å². The van der Waals surface area contributed by atoms with Crippen molar-refractivity contribution in [3.05, 3.63) is 0 Å². The summed E-state index contributed by atoms with van der Waals surface area (Å²) < 4.78 is 24.9. The molecule has 8 heteroatoms. The van der Waals surface area contributed by atoms with Crippen LogP contribution in [0.25, 0.3) is 0 Å². The minimum absolute atomic E-state index is 0. The summed E-state index contributed by atoms with van der Waals surface area (Å²) in [6, 6.07) is 0.373. The van der Waals surface area contributed by atoms with Gasteiger partial charge in [0.25, 0.3) is 0 Å². The van der Waals surface area contributed by atoms with Crippen molar-refractivity contribution in [1.82, 2.24) is 14.9 Å². The fraction of sp³-hybridized carbons (Fsp3) is 0.929. The normalized spacial score (nSPS) is 19.5. The number of aliphatic imine (C=N–C) groups is 1. The molecule has 0 aromatic heterocycles. The van der Waals surface area contributed by atoms with E-state index < -0.39 is 10.0 Å². The summed E-state index contributed by atoms with van der Waals surface area (Å²) >= 11 is 0. The van der Waals surface area contributed by atoms with Crippen LogP contribution in [0.5, 0.6) is 0 Å². The molecule has 1 heterocycles. The largest absolute Gasteiger partial charge is 0.355 e. The van der Waals surface area contributed by atoms with Crippen LogP contribution in [-0.2, 0) is 10.0 Å². The third kappa shape index (κ3) is 7.96. The summed E-state index contributed by atoms with van der Waals surface area (Å²) in [5.41, 5.74) is 0. The van der Waals surface area contributed by atoms with Gasteiger partial charge in [-0.05, 0) is 19.8 Å². The van der Waals surface area contributed by atoms with Crippen molar-refractivity contribution < 1.29 is 8.42 Å². The van der Waals surface area contributed by atoms with Crippen LogP contribution in [-0.4, -0.2) is 57.2 Å². The van der Waals surface area contributed by atoms with Gasteiger partial charge in [-0.3, -0.25) is 4.99 Å². The van der Waals surface area contributed by atoms with E-state index in [1.165, 1.54) is 19.3 Å². The Hall–Kier alpha value is -0.0900. The zero-order valence-electron chi connectivity index (χ0n) is 14.0. The smallest absolute Gasteiger partial charge is 0.214 e. The maximum Gasteiger partial charge on any atom is 0.214 e. The molecule has 0 aromatic rings. The maximum absolute atomic E-state index is 11.7. The predicted molar refractivity (Wildman–Crippen MR) is 103 cm³/mol. The van der Waals surface area contributed by atoms with E-state index in [1.54, 1.807) is 11.4 Å². The van der Waals surface area contributed by atoms with Crippen LogP contribution in [0, 0.1) is 0 Å². The van der Waals surface area contributed by atoms with Gasteiger partial charge in [0.2, 0.25) is 10.0 Å². The van der Waals surface area contributed by atoms with Crippen LogP contribution in [0.3, 0.4) is 0 Å². The molecule has 1 atom stereocenters. The first-order valence-corrected chi connectivity index (χ1v) is 9.55. The predicted octanol–water partition coefficient (Wildman–Crippen LogP) is 1.77. The van der Waals surface area contributed by atoms with Crippen molar-refractivity contribution in [2.75, 3.05) is 32.4 Å². The Balaban J connectivity index is 0.00000441. The SMILES string of the molecule is CCCCCC(C)NC(=NC)NCCN1CCCS1(=O)=O.I. The average Bonchev–Trinajstić information content (AvgIpc) is 2.77. The second kappa shape index (κ2) is 11.4. The standard InChI is InChI=1S/C14H30N4O2S.HI/c1-4-5-6-8-13(2)17-14(15-3)16-9-11-18-10-7-12-21(18,19)20;/h13H,4-12H2,1-3H3,(H2,15,16,17);1H. The molecule has 1 rings (SSSR count). The lowest BCUT2D eigenvalue weighted by molar-refractivity contribution is 0.444. The fourth-order valence-corrected chi connectivity index (χ4v) is 3.97. The Morgan fingerprint density at radius 2 is 2.09 bits per heavy atom. The highest BCUT2D eigenvalue weighted by Gasteiger charge is 2.27. The monoisotopic (exact) mass is 446 g/mol. The highest BCUT2D eigenvalue weighted by atomic mass is 127. The summed E-state index contributed by atoms with van der Waals surface area (Å²) in [5.74, 6) is 1.03. The second-order valence-electron chi connectivity index (χ2n) is 5.61. The number of nitrogens with one attached hydrogen (secondary N) is 2. The van der Waals surface area contributed by atoms with E-state index in [-0.39, 0.29) is 29.7 Å². The summed E-state index contributed by atoms with van der Waals surface area (Å²) in [6.45, 7) is 6.08. The molecule has 1 aliphatic heterocycles. The molecular weight excluding hydrogens is 415 g/mol. The Bertz CT molecular complexity index is 429. The Morgan fingerprint density at radius 3 is 2.64 bits per heavy atom. The minimum Gasteiger partial charge on any atom is -0.355 e. The first kappa shape index (κ1) is 21.9. The third-order valence-electron chi connectivity index (χ3n) is 3.70. The lowest BCUT2D eigenvalue weighted by Gasteiger charge is -2.19. The minimum atomic E-state index is -3.00. The van der Waals surface area contributed by atoms with Crippen LogP contribution < -0.4 is 10.6 Å². The summed E-state index contributed by atoms with van der Waals surface area (Å²) in [4.78, 5) is 4.18. The molecule has 1 saturated heterocycles. The average molecular weight is 446 g/mol. The number of hydrogen-bond acceptors (Lipinski definition) is 3. The summed E-state index contributed by atoms with van der Waals surface area (Å²) in [5, 5.41) is 6.53. The highest BCUT2D eigenvalue weighted by molar-refractivity contribution is 14.0. The van der Waals surface area contributed by atoms with Gasteiger partial charge in [-0.1, -0.05) is 26.2 Å². The Kier molecular flexibility index (Phi) is 11.4. The quantitative estimate of drug-likeness (QED) is 0.258. The maximum atomic E-state index is 11.7. The number of halogens is 1. The number of hydrogen-bond donors (Lipinski definition) is 2. The van der Waals surface area contributed by atoms with E-state index in [9.17, 15) is 8.42 Å². The number of rotatable bonds is 8. The van der Waals surface area contributed by atoms with Crippen LogP contribution in [0.15, 0.2) is 4.99 Å². The molecular formula is C14H31IN4O2S. The lowest BCUT2D eigenvalue weighted by Crippen LogP contribution is -2.45. The lowest BCUT2D eigenvalue weighted by atomic mass is 10.1. The van der Waals surface area contributed by atoms with Gasteiger partial charge in [-0.2, -0.15) is 0 Å². The molecule has 0 radical (unpaired) electrons. The van der Waals surface area contributed by atoms with Gasteiger partial charge in [-0.15, -0.1) is 24.0 Å². The van der Waals surface area contributed by atoms with Gasteiger partial charge in [-0.25, -0.2) is 12.7 Å². The summed E-state index contributed by atoms with van der Waals surface area (Å²) in [6.07, 6.45) is 5.56. The number of nitrogens with zero attached hydrogens (tertiary/aromatic N) is 2. The molecule has 0 aromatic carbocycles. The van der Waals surface area contributed by atoms with E-state index in [4.69, 9.17) is 0 Å². The molecule has 1 unspecified atom stereocenters. The molecule has 0 amide bonds. The molecule has 0 bridgehead atoms. The molecule has 22 heavy (non-hydrogen) atoms.